The number of ether oxygens (including phenoxy) is 9. The first-order valence-electron chi connectivity index (χ1n) is 26.9. The van der Waals surface area contributed by atoms with E-state index in [1.54, 1.807) is 13.8 Å². The molecule has 4 saturated carbocycles. The zero-order valence-electron chi connectivity index (χ0n) is 42.4. The van der Waals surface area contributed by atoms with Gasteiger partial charge in [0.1, 0.15) is 73.2 Å². The van der Waals surface area contributed by atoms with E-state index in [1.165, 1.54) is 12.5 Å². The normalized spacial score (nSPS) is 58.4. The SMILES string of the molecule is CC1CCC2(OC1)OC1CC3C4CC=C5CC(OC6OC(CO)C(OC7OC(C)C(OC8CC(C)C(O)C(O)C8O)C(O)C7O)C(O)C6OC6OC(C)C(O)C(O)C6O)CCC5(C)C4CCC3(C)C1C2C. The van der Waals surface area contributed by atoms with Crippen LogP contribution >= 0.6 is 0 Å². The minimum absolute atomic E-state index is 0.0499. The Morgan fingerprint density at radius 2 is 1.31 bits per heavy atom. The van der Waals surface area contributed by atoms with Crippen LogP contribution in [0.2, 0.25) is 0 Å². The maximum absolute atomic E-state index is 12.3. The van der Waals surface area contributed by atoms with Crippen molar-refractivity contribution in [1.29, 1.82) is 0 Å². The fourth-order valence-electron chi connectivity index (χ4n) is 15.9. The molecular formula is C52H84O19. The summed E-state index contributed by atoms with van der Waals surface area (Å²) in [5, 5.41) is 109. The third-order valence-corrected chi connectivity index (χ3v) is 20.2. The summed E-state index contributed by atoms with van der Waals surface area (Å²) in [5.74, 6) is 2.06. The van der Waals surface area contributed by atoms with Crippen molar-refractivity contribution in [3.63, 3.8) is 0 Å². The highest BCUT2D eigenvalue weighted by Gasteiger charge is 2.69. The largest absolute Gasteiger partial charge is 0.394 e. The molecule has 1 spiro atoms. The van der Waals surface area contributed by atoms with Crippen LogP contribution < -0.4 is 0 Å². The molecule has 19 nitrogen and oxygen atoms in total. The Kier molecular flexibility index (Phi) is 15.1. The van der Waals surface area contributed by atoms with E-state index in [9.17, 15) is 51.1 Å². The second-order valence-corrected chi connectivity index (χ2v) is 24.4. The summed E-state index contributed by atoms with van der Waals surface area (Å²) in [6.45, 7) is 14.4. The average molecular weight is 1010 g/mol. The van der Waals surface area contributed by atoms with E-state index in [0.717, 1.165) is 51.6 Å². The number of allylic oxidation sites excluding steroid dienone is 1. The van der Waals surface area contributed by atoms with Gasteiger partial charge in [-0.15, -0.1) is 0 Å². The van der Waals surface area contributed by atoms with E-state index in [0.29, 0.717) is 48.3 Å². The Bertz CT molecular complexity index is 1890. The zero-order valence-corrected chi connectivity index (χ0v) is 42.4. The first kappa shape index (κ1) is 53.4. The number of fused-ring (bicyclic) bond motifs is 7. The van der Waals surface area contributed by atoms with Gasteiger partial charge in [0, 0.05) is 12.3 Å². The average Bonchev–Trinajstić information content (AvgIpc) is 3.79. The molecule has 31 atom stereocenters. The Morgan fingerprint density at radius 1 is 0.620 bits per heavy atom. The Balaban J connectivity index is 0.836. The maximum Gasteiger partial charge on any atom is 0.187 e. The molecule has 0 aromatic heterocycles. The van der Waals surface area contributed by atoms with E-state index < -0.39 is 141 Å². The number of hydrogen-bond acceptors (Lipinski definition) is 19. The molecule has 0 bridgehead atoms. The molecule has 0 radical (unpaired) electrons. The molecule has 19 heteroatoms. The summed E-state index contributed by atoms with van der Waals surface area (Å²) < 4.78 is 57.1. The van der Waals surface area contributed by atoms with Gasteiger partial charge in [0.2, 0.25) is 0 Å². The van der Waals surface area contributed by atoms with Gasteiger partial charge in [-0.25, -0.2) is 0 Å². The Morgan fingerprint density at radius 3 is 2.01 bits per heavy atom. The smallest absolute Gasteiger partial charge is 0.187 e. The predicted molar refractivity (Wildman–Crippen MR) is 247 cm³/mol. The fourth-order valence-corrected chi connectivity index (χ4v) is 15.9. The van der Waals surface area contributed by atoms with Crippen LogP contribution in [0.25, 0.3) is 0 Å². The van der Waals surface area contributed by atoms with Crippen molar-refractivity contribution in [2.24, 2.45) is 52.3 Å². The summed E-state index contributed by atoms with van der Waals surface area (Å²) in [7, 11) is 0. The van der Waals surface area contributed by atoms with Crippen molar-refractivity contribution in [3.05, 3.63) is 11.6 Å². The second-order valence-electron chi connectivity index (χ2n) is 24.4. The summed E-state index contributed by atoms with van der Waals surface area (Å²) in [5.41, 5.74) is 1.45. The monoisotopic (exact) mass is 1010 g/mol. The quantitative estimate of drug-likeness (QED) is 0.143. The van der Waals surface area contributed by atoms with Crippen LogP contribution in [0.3, 0.4) is 0 Å². The number of aliphatic hydroxyl groups is 10. The number of aliphatic hydroxyl groups excluding tert-OH is 10. The molecular weight excluding hydrogens is 929 g/mol. The molecule has 31 unspecified atom stereocenters. The van der Waals surface area contributed by atoms with Gasteiger partial charge in [-0.1, -0.05) is 46.3 Å². The van der Waals surface area contributed by atoms with Gasteiger partial charge in [-0.2, -0.15) is 0 Å². The van der Waals surface area contributed by atoms with Crippen LogP contribution in [-0.4, -0.2) is 199 Å². The van der Waals surface area contributed by atoms with Gasteiger partial charge >= 0.3 is 0 Å². The van der Waals surface area contributed by atoms with Crippen molar-refractivity contribution < 1.29 is 93.7 Å². The van der Waals surface area contributed by atoms with Crippen LogP contribution in [0.4, 0.5) is 0 Å². The summed E-state index contributed by atoms with van der Waals surface area (Å²) in [6, 6.07) is 0. The van der Waals surface area contributed by atoms with Gasteiger partial charge in [0.05, 0.1) is 49.8 Å². The molecule has 0 amide bonds. The third kappa shape index (κ3) is 9.04. The van der Waals surface area contributed by atoms with Gasteiger partial charge in [0.25, 0.3) is 0 Å². The summed E-state index contributed by atoms with van der Waals surface area (Å²) >= 11 is 0. The number of hydrogen-bond donors (Lipinski definition) is 10. The molecule has 406 valence electrons. The molecule has 71 heavy (non-hydrogen) atoms. The van der Waals surface area contributed by atoms with Gasteiger partial charge < -0.3 is 93.7 Å². The van der Waals surface area contributed by atoms with Crippen molar-refractivity contribution in [3.8, 4) is 0 Å². The molecule has 5 aliphatic carbocycles. The highest BCUT2D eigenvalue weighted by molar-refractivity contribution is 5.26. The topological polar surface area (TPSA) is 285 Å². The lowest BCUT2D eigenvalue weighted by Crippen LogP contribution is -2.67. The van der Waals surface area contributed by atoms with E-state index >= 15 is 0 Å². The van der Waals surface area contributed by atoms with Gasteiger partial charge in [-0.05, 0) is 118 Å². The molecule has 10 aliphatic rings. The number of rotatable bonds is 9. The van der Waals surface area contributed by atoms with E-state index in [1.807, 2.05) is 0 Å². The van der Waals surface area contributed by atoms with Crippen LogP contribution in [0.15, 0.2) is 11.6 Å². The molecule has 5 saturated heterocycles. The van der Waals surface area contributed by atoms with Crippen LogP contribution in [0.5, 0.6) is 0 Å². The second kappa shape index (κ2) is 20.1. The predicted octanol–water partition coefficient (Wildman–Crippen LogP) is 0.757. The maximum atomic E-state index is 12.3. The minimum atomic E-state index is -1.79. The van der Waals surface area contributed by atoms with Crippen LogP contribution in [-0.2, 0) is 42.6 Å². The first-order valence-corrected chi connectivity index (χ1v) is 26.9. The Hall–Kier alpha value is -1.02. The van der Waals surface area contributed by atoms with Crippen LogP contribution in [0, 0.1) is 52.3 Å². The Labute approximate surface area is 417 Å². The highest BCUT2D eigenvalue weighted by Crippen LogP contribution is 2.71. The molecule has 0 aromatic rings. The zero-order chi connectivity index (χ0) is 50.8. The molecule has 10 N–H and O–H groups in total. The van der Waals surface area contributed by atoms with Crippen molar-refractivity contribution >= 4 is 0 Å². The van der Waals surface area contributed by atoms with Gasteiger partial charge in [0.15, 0.2) is 24.7 Å². The third-order valence-electron chi connectivity index (χ3n) is 20.2. The molecule has 9 fully saturated rings. The van der Waals surface area contributed by atoms with Crippen molar-refractivity contribution in [2.45, 2.75) is 247 Å². The lowest BCUT2D eigenvalue weighted by atomic mass is 9.47. The van der Waals surface area contributed by atoms with E-state index in [4.69, 9.17) is 42.6 Å². The van der Waals surface area contributed by atoms with Crippen molar-refractivity contribution in [1.82, 2.24) is 0 Å². The molecule has 0 aromatic carbocycles. The highest BCUT2D eigenvalue weighted by atomic mass is 16.8. The molecule has 10 rings (SSSR count). The lowest BCUT2D eigenvalue weighted by molar-refractivity contribution is -0.390. The first-order chi connectivity index (χ1) is 33.6. The summed E-state index contributed by atoms with van der Waals surface area (Å²) in [4.78, 5) is 0. The minimum Gasteiger partial charge on any atom is -0.394 e. The van der Waals surface area contributed by atoms with Crippen molar-refractivity contribution in [2.75, 3.05) is 13.2 Å². The fraction of sp³-hybridized carbons (Fsp3) is 0.962. The van der Waals surface area contributed by atoms with Crippen LogP contribution in [0.1, 0.15) is 113 Å². The summed E-state index contributed by atoms with van der Waals surface area (Å²) in [6.07, 6.45) is -16.2. The molecule has 5 aliphatic heterocycles. The van der Waals surface area contributed by atoms with Gasteiger partial charge in [-0.3, -0.25) is 0 Å². The standard InChI is InChI=1S/C52H84O19/c1-21-10-15-52(63-20-21)23(3)34-31(71-52)18-30-28-9-8-26-17-27(11-13-50(26,6)29(28)12-14-51(30,34)7)66-49-46(70-47-41(60)39(58)36(55)24(4)64-47)43(62)45(33(19-53)68-49)69-48-42(61)40(59)44(25(5)65-48)67-32-16-22(2)35(54)38(57)37(32)56/h8,21-25,27-49,53-62H,9-20H2,1-7H3. The lowest BCUT2D eigenvalue weighted by Gasteiger charge is -2.59. The van der Waals surface area contributed by atoms with E-state index in [-0.39, 0.29) is 23.4 Å². The van der Waals surface area contributed by atoms with E-state index in [2.05, 4.69) is 33.8 Å². The molecule has 5 heterocycles.